The molecule has 0 aliphatic heterocycles. The monoisotopic (exact) mass is 541 g/mol. The summed E-state index contributed by atoms with van der Waals surface area (Å²) in [5.41, 5.74) is 4.58. The molecule has 0 saturated carbocycles. The van der Waals surface area contributed by atoms with E-state index < -0.39 is 23.8 Å². The number of hydrogen-bond donors (Lipinski definition) is 3. The highest BCUT2D eigenvalue weighted by molar-refractivity contribution is 7.80. The second-order valence-corrected chi connectivity index (χ2v) is 11.2. The van der Waals surface area contributed by atoms with Crippen molar-refractivity contribution in [2.24, 2.45) is 0 Å². The van der Waals surface area contributed by atoms with Gasteiger partial charge < -0.3 is 20.3 Å². The van der Waals surface area contributed by atoms with Crippen LogP contribution in [0.25, 0.3) is 0 Å². The Morgan fingerprint density at radius 1 is 1.00 bits per heavy atom. The highest BCUT2D eigenvalue weighted by Gasteiger charge is 2.36. The molecule has 2 atom stereocenters. The van der Waals surface area contributed by atoms with E-state index in [0.29, 0.717) is 13.0 Å². The van der Waals surface area contributed by atoms with E-state index in [9.17, 15) is 14.4 Å². The molecule has 0 bridgehead atoms. The van der Waals surface area contributed by atoms with Crippen LogP contribution in [0, 0.1) is 27.7 Å². The number of para-hydroxylation sites is 1. The van der Waals surface area contributed by atoms with Gasteiger partial charge in [0.1, 0.15) is 17.7 Å². The quantitative estimate of drug-likeness (QED) is 0.320. The second-order valence-electron chi connectivity index (χ2n) is 10.8. The SMILES string of the molecule is CCCCN(C(=O)C(CS)NC(=O)OC(C)(C)C)C(C(=O)Nc1c(C)cccc1C)c1ccc(C)cc1C. The maximum absolute atomic E-state index is 14.0. The molecule has 8 heteroatoms. The van der Waals surface area contributed by atoms with Gasteiger partial charge in [0, 0.05) is 18.0 Å². The zero-order valence-electron chi connectivity index (χ0n) is 24.0. The summed E-state index contributed by atoms with van der Waals surface area (Å²) in [6.45, 7) is 15.5. The van der Waals surface area contributed by atoms with E-state index in [2.05, 4.69) is 23.3 Å². The van der Waals surface area contributed by atoms with Gasteiger partial charge in [-0.05, 0) is 77.1 Å². The summed E-state index contributed by atoms with van der Waals surface area (Å²) in [5.74, 6) is -0.645. The van der Waals surface area contributed by atoms with Crippen LogP contribution in [-0.2, 0) is 14.3 Å². The zero-order chi connectivity index (χ0) is 28.6. The number of nitrogens with zero attached hydrogens (tertiary/aromatic N) is 1. The predicted molar refractivity (Wildman–Crippen MR) is 157 cm³/mol. The Hall–Kier alpha value is -3.00. The standard InChI is InChI=1S/C30H43N3O4S/c1-9-10-16-33(28(35)24(18-38)31-29(36)37-30(6,7)8)26(23-15-14-19(2)17-22(23)5)27(34)32-25-20(3)12-11-13-21(25)4/h11-15,17,24,26,38H,9-10,16,18H2,1-8H3,(H,31,36)(H,32,34). The Morgan fingerprint density at radius 3 is 2.16 bits per heavy atom. The average molecular weight is 542 g/mol. The highest BCUT2D eigenvalue weighted by Crippen LogP contribution is 2.29. The van der Waals surface area contributed by atoms with E-state index in [1.165, 1.54) is 0 Å². The van der Waals surface area contributed by atoms with Crippen molar-refractivity contribution in [3.05, 3.63) is 64.2 Å². The van der Waals surface area contributed by atoms with Gasteiger partial charge in [0.25, 0.3) is 5.91 Å². The number of ether oxygens (including phenoxy) is 1. The Morgan fingerprint density at radius 2 is 1.63 bits per heavy atom. The molecule has 0 spiro atoms. The van der Waals surface area contributed by atoms with E-state index in [4.69, 9.17) is 4.74 Å². The van der Waals surface area contributed by atoms with Crippen LogP contribution in [0.5, 0.6) is 0 Å². The lowest BCUT2D eigenvalue weighted by Gasteiger charge is -2.35. The van der Waals surface area contributed by atoms with E-state index in [1.807, 2.05) is 71.0 Å². The first-order valence-electron chi connectivity index (χ1n) is 13.1. The van der Waals surface area contributed by atoms with Crippen molar-refractivity contribution in [3.63, 3.8) is 0 Å². The van der Waals surface area contributed by atoms with Crippen LogP contribution in [0.1, 0.15) is 74.4 Å². The van der Waals surface area contributed by atoms with Gasteiger partial charge in [-0.3, -0.25) is 9.59 Å². The summed E-state index contributed by atoms with van der Waals surface area (Å²) < 4.78 is 5.38. The van der Waals surface area contributed by atoms with E-state index in [-0.39, 0.29) is 17.6 Å². The van der Waals surface area contributed by atoms with E-state index in [0.717, 1.165) is 39.9 Å². The maximum Gasteiger partial charge on any atom is 0.408 e. The fraction of sp³-hybridized carbons (Fsp3) is 0.500. The Kier molecular flexibility index (Phi) is 11.2. The molecule has 0 aromatic heterocycles. The third kappa shape index (κ3) is 8.51. The normalized spacial score (nSPS) is 12.9. The Bertz CT molecular complexity index is 1120. The summed E-state index contributed by atoms with van der Waals surface area (Å²) in [5, 5.41) is 5.75. The number of hydrogen-bond acceptors (Lipinski definition) is 5. The maximum atomic E-state index is 14.0. The molecule has 2 unspecified atom stereocenters. The number of alkyl carbamates (subject to hydrolysis) is 1. The number of carbonyl (C=O) groups is 3. The van der Waals surface area contributed by atoms with Crippen molar-refractivity contribution in [2.75, 3.05) is 17.6 Å². The van der Waals surface area contributed by atoms with Crippen molar-refractivity contribution in [3.8, 4) is 0 Å². The summed E-state index contributed by atoms with van der Waals surface area (Å²) in [4.78, 5) is 42.1. The summed E-state index contributed by atoms with van der Waals surface area (Å²) in [7, 11) is 0. The topological polar surface area (TPSA) is 87.7 Å². The lowest BCUT2D eigenvalue weighted by Crippen LogP contribution is -2.53. The largest absolute Gasteiger partial charge is 0.444 e. The van der Waals surface area contributed by atoms with Crippen molar-refractivity contribution in [2.45, 2.75) is 85.9 Å². The molecule has 2 aromatic carbocycles. The van der Waals surface area contributed by atoms with Crippen LogP contribution in [0.3, 0.4) is 0 Å². The van der Waals surface area contributed by atoms with Crippen LogP contribution in [-0.4, -0.2) is 46.7 Å². The van der Waals surface area contributed by atoms with Crippen LogP contribution >= 0.6 is 12.6 Å². The summed E-state index contributed by atoms with van der Waals surface area (Å²) in [6, 6.07) is 9.81. The number of rotatable bonds is 10. The Balaban J connectivity index is 2.56. The molecule has 2 rings (SSSR count). The van der Waals surface area contributed by atoms with E-state index in [1.54, 1.807) is 25.7 Å². The minimum absolute atomic E-state index is 0.0544. The predicted octanol–water partition coefficient (Wildman–Crippen LogP) is 6.05. The highest BCUT2D eigenvalue weighted by atomic mass is 32.1. The molecule has 7 nitrogen and oxygen atoms in total. The van der Waals surface area contributed by atoms with Crippen LogP contribution in [0.4, 0.5) is 10.5 Å². The molecule has 3 amide bonds. The molecule has 0 aliphatic rings. The first-order valence-corrected chi connectivity index (χ1v) is 13.8. The zero-order valence-corrected chi connectivity index (χ0v) is 24.9. The molecule has 0 radical (unpaired) electrons. The van der Waals surface area contributed by atoms with Crippen molar-refractivity contribution < 1.29 is 19.1 Å². The number of aryl methyl sites for hydroxylation is 4. The molecule has 0 aliphatic carbocycles. The number of nitrogens with one attached hydrogen (secondary N) is 2. The number of benzene rings is 2. The number of thiol groups is 1. The van der Waals surface area contributed by atoms with Gasteiger partial charge in [0.2, 0.25) is 5.91 Å². The van der Waals surface area contributed by atoms with Gasteiger partial charge in [0.15, 0.2) is 0 Å². The van der Waals surface area contributed by atoms with E-state index >= 15 is 0 Å². The second kappa shape index (κ2) is 13.7. The van der Waals surface area contributed by atoms with Crippen molar-refractivity contribution >= 4 is 36.2 Å². The molecular formula is C30H43N3O4S. The van der Waals surface area contributed by atoms with Gasteiger partial charge in [0.05, 0.1) is 0 Å². The number of amides is 3. The molecular weight excluding hydrogens is 498 g/mol. The minimum atomic E-state index is -0.966. The molecule has 38 heavy (non-hydrogen) atoms. The van der Waals surface area contributed by atoms with Crippen LogP contribution in [0.15, 0.2) is 36.4 Å². The first kappa shape index (κ1) is 31.2. The van der Waals surface area contributed by atoms with Gasteiger partial charge in [-0.2, -0.15) is 12.6 Å². The van der Waals surface area contributed by atoms with Gasteiger partial charge >= 0.3 is 6.09 Å². The molecule has 208 valence electrons. The molecule has 2 N–H and O–H groups in total. The minimum Gasteiger partial charge on any atom is -0.444 e. The first-order chi connectivity index (χ1) is 17.8. The fourth-order valence-electron chi connectivity index (χ4n) is 4.32. The molecule has 0 fully saturated rings. The van der Waals surface area contributed by atoms with Gasteiger partial charge in [-0.1, -0.05) is 55.3 Å². The number of unbranched alkanes of at least 4 members (excludes halogenated alkanes) is 1. The molecule has 0 heterocycles. The fourth-order valence-corrected chi connectivity index (χ4v) is 4.56. The average Bonchev–Trinajstić information content (AvgIpc) is 2.81. The Labute approximate surface area is 233 Å². The molecule has 2 aromatic rings. The summed E-state index contributed by atoms with van der Waals surface area (Å²) >= 11 is 4.36. The van der Waals surface area contributed by atoms with Gasteiger partial charge in [-0.25, -0.2) is 4.79 Å². The van der Waals surface area contributed by atoms with Crippen LogP contribution in [0.2, 0.25) is 0 Å². The third-order valence-corrected chi connectivity index (χ3v) is 6.58. The van der Waals surface area contributed by atoms with Crippen molar-refractivity contribution in [1.29, 1.82) is 0 Å². The lowest BCUT2D eigenvalue weighted by atomic mass is 9.96. The molecule has 0 saturated heterocycles. The number of carbonyl (C=O) groups excluding carboxylic acids is 3. The smallest absolute Gasteiger partial charge is 0.408 e. The number of anilines is 1. The van der Waals surface area contributed by atoms with Gasteiger partial charge in [-0.15, -0.1) is 0 Å². The van der Waals surface area contributed by atoms with Crippen molar-refractivity contribution in [1.82, 2.24) is 10.2 Å². The lowest BCUT2D eigenvalue weighted by molar-refractivity contribution is -0.140. The third-order valence-electron chi connectivity index (χ3n) is 6.22. The summed E-state index contributed by atoms with van der Waals surface area (Å²) in [6.07, 6.45) is 0.811. The van der Waals surface area contributed by atoms with Crippen LogP contribution < -0.4 is 10.6 Å².